The Balaban J connectivity index is 3.59. The highest BCUT2D eigenvalue weighted by molar-refractivity contribution is 5.58. The maximum Gasteiger partial charge on any atom is 0.520 e. The normalized spacial score (nSPS) is 11.1. The number of ether oxygens (including phenoxy) is 1. The number of rotatable bonds is 2. The van der Waals surface area contributed by atoms with Crippen molar-refractivity contribution in [1.29, 1.82) is 0 Å². The Hall–Kier alpha value is -1.17. The maximum absolute atomic E-state index is 9.81. The van der Waals surface area contributed by atoms with E-state index in [0.717, 1.165) is 12.8 Å². The first kappa shape index (κ1) is 9.83. The van der Waals surface area contributed by atoms with Gasteiger partial charge in [0.1, 0.15) is 6.11 Å². The molecule has 0 aliphatic rings. The topological polar surface area (TPSA) is 46.5 Å². The Morgan fingerprint density at radius 3 is 2.82 bits per heavy atom. The zero-order valence-electron chi connectivity index (χ0n) is 6.76. The van der Waals surface area contributed by atoms with Gasteiger partial charge in [0.2, 0.25) is 0 Å². The van der Waals surface area contributed by atoms with Gasteiger partial charge in [-0.2, -0.15) is 0 Å². The van der Waals surface area contributed by atoms with Gasteiger partial charge in [-0.1, -0.05) is 26.2 Å². The smallest absolute Gasteiger partial charge is 0.449 e. The highest BCUT2D eigenvalue weighted by atomic mass is 16.7. The van der Waals surface area contributed by atoms with Gasteiger partial charge in [-0.15, -0.1) is 0 Å². The van der Waals surface area contributed by atoms with Crippen molar-refractivity contribution < 1.29 is 14.6 Å². The highest BCUT2D eigenvalue weighted by Gasteiger charge is 1.94. The van der Waals surface area contributed by atoms with E-state index in [4.69, 9.17) is 5.11 Å². The van der Waals surface area contributed by atoms with Crippen LogP contribution in [0, 0.1) is 17.9 Å². The summed E-state index contributed by atoms with van der Waals surface area (Å²) in [5.41, 5.74) is 0. The first-order chi connectivity index (χ1) is 5.16. The molecule has 1 N–H and O–H groups in total. The van der Waals surface area contributed by atoms with E-state index in [0.29, 0.717) is 0 Å². The predicted octanol–water partition coefficient (Wildman–Crippen LogP) is 2.08. The molecule has 0 saturated heterocycles. The molecule has 0 rings (SSSR count). The Morgan fingerprint density at radius 2 is 2.36 bits per heavy atom. The molecule has 0 spiro atoms. The van der Waals surface area contributed by atoms with Crippen molar-refractivity contribution >= 4 is 6.16 Å². The van der Waals surface area contributed by atoms with Crippen LogP contribution in [-0.4, -0.2) is 11.3 Å². The van der Waals surface area contributed by atoms with Gasteiger partial charge in [-0.05, 0) is 6.42 Å². The summed E-state index contributed by atoms with van der Waals surface area (Å²) in [6.07, 6.45) is 2.79. The molecule has 0 aliphatic heterocycles. The molecule has 3 nitrogen and oxygen atoms in total. The van der Waals surface area contributed by atoms with Crippen LogP contribution in [0.1, 0.15) is 26.7 Å². The van der Waals surface area contributed by atoms with Crippen molar-refractivity contribution in [2.45, 2.75) is 26.7 Å². The molecule has 0 radical (unpaired) electrons. The van der Waals surface area contributed by atoms with Gasteiger partial charge < -0.3 is 9.84 Å². The largest absolute Gasteiger partial charge is 0.520 e. The van der Waals surface area contributed by atoms with Crippen molar-refractivity contribution in [3.8, 4) is 12.0 Å². The fourth-order valence-corrected chi connectivity index (χ4v) is 0.679. The van der Waals surface area contributed by atoms with Gasteiger partial charge in [0.25, 0.3) is 0 Å². The van der Waals surface area contributed by atoms with Crippen LogP contribution in [0.15, 0.2) is 0 Å². The van der Waals surface area contributed by atoms with E-state index in [2.05, 4.69) is 23.7 Å². The molecule has 1 atom stereocenters. The van der Waals surface area contributed by atoms with Crippen molar-refractivity contribution in [3.05, 3.63) is 0 Å². The van der Waals surface area contributed by atoms with Gasteiger partial charge in [0, 0.05) is 5.92 Å². The molecule has 11 heavy (non-hydrogen) atoms. The zero-order valence-corrected chi connectivity index (χ0v) is 6.76. The molecule has 0 bridgehead atoms. The second-order valence-electron chi connectivity index (χ2n) is 2.30. The van der Waals surface area contributed by atoms with E-state index >= 15 is 0 Å². The van der Waals surface area contributed by atoms with Gasteiger partial charge in [-0.3, -0.25) is 0 Å². The van der Waals surface area contributed by atoms with Crippen LogP contribution >= 0.6 is 0 Å². The molecule has 62 valence electrons. The van der Waals surface area contributed by atoms with Crippen molar-refractivity contribution in [2.24, 2.45) is 5.92 Å². The molecule has 0 aromatic rings. The molecule has 0 fully saturated rings. The minimum absolute atomic E-state index is 0.208. The average Bonchev–Trinajstić information content (AvgIpc) is 1.87. The molecular formula is C8H12O3. The summed E-state index contributed by atoms with van der Waals surface area (Å²) in [6, 6.07) is 0. The summed E-state index contributed by atoms with van der Waals surface area (Å²) < 4.78 is 4.01. The highest BCUT2D eigenvalue weighted by Crippen LogP contribution is 2.01. The number of carbonyl (C=O) groups is 1. The van der Waals surface area contributed by atoms with Crippen LogP contribution in [-0.2, 0) is 4.74 Å². The first-order valence-electron chi connectivity index (χ1n) is 3.57. The quantitative estimate of drug-likeness (QED) is 0.491. The second-order valence-corrected chi connectivity index (χ2v) is 2.30. The molecule has 0 aliphatic carbocycles. The Morgan fingerprint density at radius 1 is 1.73 bits per heavy atom. The molecule has 1 unspecified atom stereocenters. The van der Waals surface area contributed by atoms with Crippen LogP contribution in [0.4, 0.5) is 4.79 Å². The summed E-state index contributed by atoms with van der Waals surface area (Å²) in [4.78, 5) is 9.81. The van der Waals surface area contributed by atoms with Crippen LogP contribution in [0.25, 0.3) is 0 Å². The number of carboxylic acid groups (broad SMARTS) is 1. The Bertz CT molecular complexity index is 176. The van der Waals surface area contributed by atoms with E-state index in [1.54, 1.807) is 0 Å². The minimum Gasteiger partial charge on any atom is -0.449 e. The van der Waals surface area contributed by atoms with Crippen LogP contribution < -0.4 is 0 Å². The lowest BCUT2D eigenvalue weighted by Gasteiger charge is -1.96. The summed E-state index contributed by atoms with van der Waals surface area (Å²) in [5.74, 6) is 2.87. The fourth-order valence-electron chi connectivity index (χ4n) is 0.679. The molecule has 0 heterocycles. The van der Waals surface area contributed by atoms with Gasteiger partial charge in [-0.25, -0.2) is 4.79 Å². The van der Waals surface area contributed by atoms with E-state index < -0.39 is 6.16 Å². The Labute approximate surface area is 66.4 Å². The summed E-state index contributed by atoms with van der Waals surface area (Å²) in [6.45, 7) is 3.98. The third kappa shape index (κ3) is 6.72. The minimum atomic E-state index is -1.35. The van der Waals surface area contributed by atoms with Crippen molar-refractivity contribution in [3.63, 3.8) is 0 Å². The van der Waals surface area contributed by atoms with Gasteiger partial charge in [0.05, 0.1) is 0 Å². The predicted molar refractivity (Wildman–Crippen MR) is 41.0 cm³/mol. The van der Waals surface area contributed by atoms with Gasteiger partial charge in [0.15, 0.2) is 0 Å². The van der Waals surface area contributed by atoms with Crippen LogP contribution in [0.3, 0.4) is 0 Å². The number of hydrogen-bond donors (Lipinski definition) is 1. The van der Waals surface area contributed by atoms with Crippen LogP contribution in [0.2, 0.25) is 0 Å². The lowest BCUT2D eigenvalue weighted by molar-refractivity contribution is 0.134. The van der Waals surface area contributed by atoms with Crippen molar-refractivity contribution in [1.82, 2.24) is 0 Å². The van der Waals surface area contributed by atoms with Gasteiger partial charge >= 0.3 is 6.16 Å². The SMILES string of the molecule is CCCC(C)C#COC(=O)O. The first-order valence-corrected chi connectivity index (χ1v) is 3.57. The Kier molecular flexibility index (Phi) is 5.01. The molecule has 0 aromatic heterocycles. The maximum atomic E-state index is 9.81. The third-order valence-electron chi connectivity index (χ3n) is 1.17. The van der Waals surface area contributed by atoms with E-state index in [9.17, 15) is 4.79 Å². The average molecular weight is 156 g/mol. The zero-order chi connectivity index (χ0) is 8.69. The summed E-state index contributed by atoms with van der Waals surface area (Å²) in [7, 11) is 0. The standard InChI is InChI=1S/C8H12O3/c1-3-4-7(2)5-6-11-8(9)10/h7H,3-4H2,1-2H3,(H,9,10). The lowest BCUT2D eigenvalue weighted by Crippen LogP contribution is -1.94. The summed E-state index contributed by atoms with van der Waals surface area (Å²) >= 11 is 0. The third-order valence-corrected chi connectivity index (χ3v) is 1.17. The molecular weight excluding hydrogens is 144 g/mol. The second kappa shape index (κ2) is 5.60. The van der Waals surface area contributed by atoms with E-state index in [-0.39, 0.29) is 5.92 Å². The van der Waals surface area contributed by atoms with E-state index in [1.165, 1.54) is 0 Å². The number of hydrogen-bond acceptors (Lipinski definition) is 2. The molecule has 0 aromatic carbocycles. The van der Waals surface area contributed by atoms with E-state index in [1.807, 2.05) is 6.92 Å². The molecule has 3 heteroatoms. The molecule has 0 amide bonds. The monoisotopic (exact) mass is 156 g/mol. The molecule has 0 saturated carbocycles. The van der Waals surface area contributed by atoms with Crippen molar-refractivity contribution in [2.75, 3.05) is 0 Å². The van der Waals surface area contributed by atoms with Crippen LogP contribution in [0.5, 0.6) is 0 Å². The summed E-state index contributed by atoms with van der Waals surface area (Å²) in [5, 5.41) is 8.03. The fraction of sp³-hybridized carbons (Fsp3) is 0.625. The lowest BCUT2D eigenvalue weighted by atomic mass is 10.1.